The molecule has 3 aliphatic rings. The molecule has 0 aromatic carbocycles. The second-order valence-corrected chi connectivity index (χ2v) is 9.80. The van der Waals surface area contributed by atoms with E-state index in [0.717, 1.165) is 25.9 Å². The summed E-state index contributed by atoms with van der Waals surface area (Å²) < 4.78 is -0.726. The van der Waals surface area contributed by atoms with Crippen LogP contribution in [0.15, 0.2) is 0 Å². The topological polar surface area (TPSA) is 104 Å². The number of hydrogen-bond donors (Lipinski definition) is 1. The number of carboxylic acids is 1. The number of rotatable bonds is 4. The van der Waals surface area contributed by atoms with Crippen LogP contribution in [-0.2, 0) is 14.4 Å². The van der Waals surface area contributed by atoms with Crippen LogP contribution in [0.3, 0.4) is 0 Å². The van der Waals surface area contributed by atoms with Crippen molar-refractivity contribution in [1.29, 1.82) is 0 Å². The van der Waals surface area contributed by atoms with Crippen molar-refractivity contribution in [3.8, 4) is 0 Å². The molecule has 0 aliphatic carbocycles. The minimum Gasteiger partial charge on any atom is -0.548 e. The summed E-state index contributed by atoms with van der Waals surface area (Å²) in [6.45, 7) is 5.24. The normalized spacial score (nSPS) is 31.5. The van der Waals surface area contributed by atoms with Crippen molar-refractivity contribution in [3.63, 3.8) is 0 Å². The molecule has 10 heteroatoms. The Balaban J connectivity index is 0.00000261. The van der Waals surface area contributed by atoms with Gasteiger partial charge in [0.25, 0.3) is 5.91 Å². The average Bonchev–Trinajstić information content (AvgIpc) is 2.82. The first-order valence-electron chi connectivity index (χ1n) is 8.90. The predicted octanol–water partition coefficient (Wildman–Crippen LogP) is -4.67. The number of piperidine rings is 1. The predicted molar refractivity (Wildman–Crippen MR) is 93.9 cm³/mol. The van der Waals surface area contributed by atoms with Gasteiger partial charge in [0.2, 0.25) is 5.91 Å². The Morgan fingerprint density at radius 2 is 1.89 bits per heavy atom. The number of aliphatic hydroxyl groups is 1. The van der Waals surface area contributed by atoms with Crippen molar-refractivity contribution in [3.05, 3.63) is 0 Å². The van der Waals surface area contributed by atoms with Crippen molar-refractivity contribution in [1.82, 2.24) is 14.7 Å². The SMILES string of the molecule is CN1CCC(N(C)C(=O)[C@@H](O)[C@@H]2C(=O)N3[C@@H]2SC(C)(C)[C@@H]3C(=O)[O-])CC1.[Na+]. The molecule has 0 unspecified atom stereocenters. The Labute approximate surface area is 185 Å². The molecule has 3 saturated heterocycles. The number of aliphatic hydroxyl groups excluding tert-OH is 1. The zero-order valence-electron chi connectivity index (χ0n) is 16.5. The van der Waals surface area contributed by atoms with E-state index in [1.54, 1.807) is 25.8 Å². The number of β-lactam (4-membered cyclic amide) rings is 1. The molecule has 0 radical (unpaired) electrons. The van der Waals surface area contributed by atoms with Gasteiger partial charge in [-0.15, -0.1) is 11.8 Å². The number of carbonyl (C=O) groups is 3. The summed E-state index contributed by atoms with van der Waals surface area (Å²) >= 11 is 1.31. The standard InChI is InChI=1S/C17H27N3O5S.Na/c1-17(2)12(16(24)25)20-13(22)10(15(20)26-17)11(21)14(23)19(4)9-5-7-18(3)8-6-9;/h9-12,15,21H,5-8H2,1-4H3,(H,24,25);/q;+1/p-1/t10-,11+,12+,15-;/m1./s1. The van der Waals surface area contributed by atoms with Gasteiger partial charge in [-0.05, 0) is 46.8 Å². The number of likely N-dealkylation sites (tertiary alicyclic amines) is 1. The number of amides is 2. The van der Waals surface area contributed by atoms with E-state index in [0.29, 0.717) is 0 Å². The maximum Gasteiger partial charge on any atom is 1.00 e. The Morgan fingerprint density at radius 1 is 1.33 bits per heavy atom. The molecular weight excluding hydrogens is 381 g/mol. The average molecular weight is 407 g/mol. The number of carboxylic acid groups (broad SMARTS) is 1. The van der Waals surface area contributed by atoms with Crippen LogP contribution in [0.2, 0.25) is 0 Å². The number of carbonyl (C=O) groups excluding carboxylic acids is 3. The Kier molecular flexibility index (Phi) is 6.97. The third-order valence-corrected chi connectivity index (χ3v) is 7.47. The second kappa shape index (κ2) is 8.20. The zero-order valence-corrected chi connectivity index (χ0v) is 19.4. The molecule has 0 aromatic heterocycles. The molecule has 1 N–H and O–H groups in total. The van der Waals surface area contributed by atoms with E-state index in [1.807, 2.05) is 7.05 Å². The number of hydrogen-bond acceptors (Lipinski definition) is 7. The fourth-order valence-electron chi connectivity index (χ4n) is 4.24. The van der Waals surface area contributed by atoms with Crippen LogP contribution < -0.4 is 34.7 Å². The van der Waals surface area contributed by atoms with Crippen molar-refractivity contribution >= 4 is 29.5 Å². The second-order valence-electron chi connectivity index (χ2n) is 8.03. The van der Waals surface area contributed by atoms with Crippen LogP contribution in [0.5, 0.6) is 0 Å². The van der Waals surface area contributed by atoms with Crippen LogP contribution in [-0.4, -0.2) is 93.1 Å². The van der Waals surface area contributed by atoms with Crippen molar-refractivity contribution < 1.29 is 54.2 Å². The summed E-state index contributed by atoms with van der Waals surface area (Å²) in [5.74, 6) is -3.15. The first kappa shape index (κ1) is 23.0. The third kappa shape index (κ3) is 3.91. The Morgan fingerprint density at radius 3 is 2.41 bits per heavy atom. The summed E-state index contributed by atoms with van der Waals surface area (Å²) in [5.41, 5.74) is 0. The van der Waals surface area contributed by atoms with Gasteiger partial charge in [0.1, 0.15) is 12.0 Å². The molecule has 0 saturated carbocycles. The molecule has 3 aliphatic heterocycles. The quantitative estimate of drug-likeness (QED) is 0.369. The molecule has 0 spiro atoms. The number of thioether (sulfide) groups is 1. The van der Waals surface area contributed by atoms with Gasteiger partial charge < -0.3 is 29.7 Å². The van der Waals surface area contributed by atoms with Crippen LogP contribution in [0, 0.1) is 5.92 Å². The zero-order chi connectivity index (χ0) is 19.4. The van der Waals surface area contributed by atoms with Gasteiger partial charge in [0.15, 0.2) is 0 Å². The van der Waals surface area contributed by atoms with Crippen LogP contribution in [0.25, 0.3) is 0 Å². The number of aliphatic carboxylic acids is 1. The molecular formula is C17H26N3NaO5S. The molecule has 3 fully saturated rings. The summed E-state index contributed by atoms with van der Waals surface area (Å²) in [4.78, 5) is 41.7. The van der Waals surface area contributed by atoms with Gasteiger partial charge in [-0.2, -0.15) is 0 Å². The van der Waals surface area contributed by atoms with E-state index in [9.17, 15) is 24.6 Å². The van der Waals surface area contributed by atoms with Gasteiger partial charge in [0.05, 0.1) is 17.4 Å². The van der Waals surface area contributed by atoms with Gasteiger partial charge in [-0.3, -0.25) is 9.59 Å². The van der Waals surface area contributed by atoms with Crippen molar-refractivity contribution in [2.45, 2.75) is 55.0 Å². The van der Waals surface area contributed by atoms with Gasteiger partial charge in [0, 0.05) is 17.8 Å². The molecule has 2 amide bonds. The monoisotopic (exact) mass is 407 g/mol. The number of likely N-dealkylation sites (N-methyl/N-ethyl adjacent to an activating group) is 1. The fourth-order valence-corrected chi connectivity index (χ4v) is 5.95. The van der Waals surface area contributed by atoms with Gasteiger partial charge in [-0.1, -0.05) is 0 Å². The van der Waals surface area contributed by atoms with E-state index in [4.69, 9.17) is 0 Å². The van der Waals surface area contributed by atoms with Crippen LogP contribution >= 0.6 is 11.8 Å². The molecule has 3 rings (SSSR count). The largest absolute Gasteiger partial charge is 1.00 e. The minimum atomic E-state index is -1.45. The molecule has 0 aromatic rings. The summed E-state index contributed by atoms with van der Waals surface area (Å²) in [7, 11) is 3.69. The first-order chi connectivity index (χ1) is 12.1. The van der Waals surface area contributed by atoms with Crippen LogP contribution in [0.1, 0.15) is 26.7 Å². The number of fused-ring (bicyclic) bond motifs is 1. The number of nitrogens with zero attached hydrogens (tertiary/aromatic N) is 3. The summed E-state index contributed by atoms with van der Waals surface area (Å²) in [6.07, 6.45) is 0.208. The van der Waals surface area contributed by atoms with Crippen molar-refractivity contribution in [2.24, 2.45) is 5.92 Å². The molecule has 27 heavy (non-hydrogen) atoms. The molecule has 0 bridgehead atoms. The molecule has 146 valence electrons. The van der Waals surface area contributed by atoms with E-state index in [1.165, 1.54) is 16.7 Å². The maximum absolute atomic E-state index is 12.7. The third-order valence-electron chi connectivity index (χ3n) is 5.88. The van der Waals surface area contributed by atoms with Gasteiger partial charge in [-0.25, -0.2) is 0 Å². The smallest absolute Gasteiger partial charge is 0.548 e. The first-order valence-corrected chi connectivity index (χ1v) is 9.78. The maximum atomic E-state index is 12.7. The molecule has 4 atom stereocenters. The van der Waals surface area contributed by atoms with E-state index < -0.39 is 46.0 Å². The van der Waals surface area contributed by atoms with Crippen molar-refractivity contribution in [2.75, 3.05) is 27.2 Å². The van der Waals surface area contributed by atoms with E-state index in [-0.39, 0.29) is 35.6 Å². The summed E-state index contributed by atoms with van der Waals surface area (Å²) in [6, 6.07) is -1.00. The van der Waals surface area contributed by atoms with Crippen LogP contribution in [0.4, 0.5) is 0 Å². The van der Waals surface area contributed by atoms with E-state index >= 15 is 0 Å². The Bertz CT molecular complexity index is 626. The molecule has 8 nitrogen and oxygen atoms in total. The minimum absolute atomic E-state index is 0. The molecule has 3 heterocycles. The van der Waals surface area contributed by atoms with Gasteiger partial charge >= 0.3 is 29.6 Å². The Hall–Kier alpha value is -0.320. The van der Waals surface area contributed by atoms with E-state index in [2.05, 4.69) is 4.90 Å². The fraction of sp³-hybridized carbons (Fsp3) is 0.824. The summed E-state index contributed by atoms with van der Waals surface area (Å²) in [5, 5.41) is 21.5.